The first kappa shape index (κ1) is 8.97. The zero-order chi connectivity index (χ0) is 8.32. The Morgan fingerprint density at radius 1 is 1.64 bits per heavy atom. The van der Waals surface area contributed by atoms with Gasteiger partial charge in [0, 0.05) is 13.7 Å². The van der Waals surface area contributed by atoms with Crippen LogP contribution in [-0.4, -0.2) is 38.0 Å². The Labute approximate surface area is 67.7 Å². The molecule has 0 aromatic carbocycles. The molecular formula is C8H17NO2. The molecule has 1 saturated carbocycles. The molecular weight excluding hydrogens is 142 g/mol. The van der Waals surface area contributed by atoms with Crippen LogP contribution in [0.5, 0.6) is 0 Å². The molecule has 0 aliphatic heterocycles. The van der Waals surface area contributed by atoms with Crippen LogP contribution in [-0.2, 0) is 4.74 Å². The van der Waals surface area contributed by atoms with Crippen molar-refractivity contribution in [1.29, 1.82) is 0 Å². The molecule has 66 valence electrons. The third kappa shape index (κ3) is 2.15. The van der Waals surface area contributed by atoms with E-state index < -0.39 is 5.60 Å². The van der Waals surface area contributed by atoms with E-state index in [2.05, 4.69) is 5.32 Å². The monoisotopic (exact) mass is 159 g/mol. The second kappa shape index (κ2) is 3.52. The molecule has 0 saturated heterocycles. The van der Waals surface area contributed by atoms with Crippen molar-refractivity contribution in [3.8, 4) is 0 Å². The Kier molecular flexibility index (Phi) is 2.87. The molecule has 11 heavy (non-hydrogen) atoms. The molecule has 1 aliphatic rings. The second-order valence-corrected chi connectivity index (χ2v) is 3.34. The first-order chi connectivity index (χ1) is 5.23. The first-order valence-electron chi connectivity index (χ1n) is 4.09. The number of likely N-dealkylation sites (N-methyl/N-ethyl adjacent to an activating group) is 1. The maximum atomic E-state index is 9.96. The Bertz CT molecular complexity index is 117. The first-order valence-corrected chi connectivity index (χ1v) is 4.09. The second-order valence-electron chi connectivity index (χ2n) is 3.34. The average Bonchev–Trinajstić information content (AvgIpc) is 2.68. The molecule has 1 unspecified atom stereocenters. The molecule has 1 aliphatic carbocycles. The SMILES string of the molecule is CNCC(O)(COC)C1CC1. The van der Waals surface area contributed by atoms with Crippen LogP contribution in [0.2, 0.25) is 0 Å². The van der Waals surface area contributed by atoms with E-state index in [4.69, 9.17) is 4.74 Å². The highest BCUT2D eigenvalue weighted by atomic mass is 16.5. The van der Waals surface area contributed by atoms with Gasteiger partial charge in [0.15, 0.2) is 0 Å². The van der Waals surface area contributed by atoms with Gasteiger partial charge in [-0.1, -0.05) is 0 Å². The number of nitrogens with one attached hydrogen (secondary N) is 1. The lowest BCUT2D eigenvalue weighted by atomic mass is 9.99. The minimum atomic E-state index is -0.622. The summed E-state index contributed by atoms with van der Waals surface area (Å²) in [5.41, 5.74) is -0.622. The van der Waals surface area contributed by atoms with Gasteiger partial charge in [0.1, 0.15) is 5.60 Å². The molecule has 0 aromatic heterocycles. The highest BCUT2D eigenvalue weighted by molar-refractivity contribution is 4.95. The highest BCUT2D eigenvalue weighted by Gasteiger charge is 2.43. The smallest absolute Gasteiger partial charge is 0.103 e. The summed E-state index contributed by atoms with van der Waals surface area (Å²) in [5, 5.41) is 12.9. The Morgan fingerprint density at radius 3 is 2.64 bits per heavy atom. The minimum absolute atomic E-state index is 0.443. The van der Waals surface area contributed by atoms with Crippen LogP contribution < -0.4 is 5.32 Å². The predicted molar refractivity (Wildman–Crippen MR) is 43.5 cm³/mol. The Hall–Kier alpha value is -0.120. The van der Waals surface area contributed by atoms with Crippen LogP contribution in [0.15, 0.2) is 0 Å². The summed E-state index contributed by atoms with van der Waals surface area (Å²) in [4.78, 5) is 0. The third-order valence-corrected chi connectivity index (χ3v) is 2.21. The van der Waals surface area contributed by atoms with Crippen LogP contribution in [0, 0.1) is 5.92 Å². The molecule has 2 N–H and O–H groups in total. The fourth-order valence-electron chi connectivity index (χ4n) is 1.49. The molecule has 0 aromatic rings. The van der Waals surface area contributed by atoms with Gasteiger partial charge in [0.25, 0.3) is 0 Å². The number of ether oxygens (including phenoxy) is 1. The number of rotatable bonds is 5. The summed E-state index contributed by atoms with van der Waals surface area (Å²) in [6.45, 7) is 1.07. The van der Waals surface area contributed by atoms with Gasteiger partial charge in [-0.15, -0.1) is 0 Å². The van der Waals surface area contributed by atoms with Gasteiger partial charge < -0.3 is 15.2 Å². The number of hydrogen-bond donors (Lipinski definition) is 2. The van der Waals surface area contributed by atoms with Gasteiger partial charge in [-0.25, -0.2) is 0 Å². The summed E-state index contributed by atoms with van der Waals surface area (Å²) in [6, 6.07) is 0. The van der Waals surface area contributed by atoms with Gasteiger partial charge in [0.05, 0.1) is 6.61 Å². The van der Waals surface area contributed by atoms with E-state index in [-0.39, 0.29) is 0 Å². The largest absolute Gasteiger partial charge is 0.386 e. The van der Waals surface area contributed by atoms with Crippen molar-refractivity contribution >= 4 is 0 Å². The topological polar surface area (TPSA) is 41.5 Å². The summed E-state index contributed by atoms with van der Waals surface area (Å²) >= 11 is 0. The van der Waals surface area contributed by atoms with Crippen molar-refractivity contribution in [3.63, 3.8) is 0 Å². The summed E-state index contributed by atoms with van der Waals surface area (Å²) < 4.78 is 4.97. The van der Waals surface area contributed by atoms with E-state index >= 15 is 0 Å². The maximum absolute atomic E-state index is 9.96. The zero-order valence-corrected chi connectivity index (χ0v) is 7.26. The summed E-state index contributed by atoms with van der Waals surface area (Å²) in [5.74, 6) is 0.454. The third-order valence-electron chi connectivity index (χ3n) is 2.21. The standard InChI is InChI=1S/C8H17NO2/c1-9-5-8(10,6-11-2)7-3-4-7/h7,9-10H,3-6H2,1-2H3. The molecule has 0 spiro atoms. The minimum Gasteiger partial charge on any atom is -0.386 e. The van der Waals surface area contributed by atoms with Crippen LogP contribution in [0.3, 0.4) is 0 Å². The summed E-state index contributed by atoms with van der Waals surface area (Å²) in [6.07, 6.45) is 2.28. The lowest BCUT2D eigenvalue weighted by Gasteiger charge is -2.26. The Morgan fingerprint density at radius 2 is 2.27 bits per heavy atom. The zero-order valence-electron chi connectivity index (χ0n) is 7.26. The molecule has 1 rings (SSSR count). The number of methoxy groups -OCH3 is 1. The van der Waals surface area contributed by atoms with Gasteiger partial charge in [0.2, 0.25) is 0 Å². The molecule has 3 nitrogen and oxygen atoms in total. The molecule has 3 heteroatoms. The molecule has 1 fully saturated rings. The molecule has 1 atom stereocenters. The lowest BCUT2D eigenvalue weighted by molar-refractivity contribution is -0.0452. The average molecular weight is 159 g/mol. The van der Waals surface area contributed by atoms with Crippen molar-refractivity contribution in [2.24, 2.45) is 5.92 Å². The van der Waals surface area contributed by atoms with Crippen LogP contribution in [0.25, 0.3) is 0 Å². The Balaban J connectivity index is 2.39. The lowest BCUT2D eigenvalue weighted by Crippen LogP contribution is -2.45. The quantitative estimate of drug-likeness (QED) is 0.593. The fourth-order valence-corrected chi connectivity index (χ4v) is 1.49. The van der Waals surface area contributed by atoms with E-state index in [0.717, 1.165) is 12.8 Å². The molecule has 0 bridgehead atoms. The fraction of sp³-hybridized carbons (Fsp3) is 1.00. The predicted octanol–water partition coefficient (Wildman–Crippen LogP) is -0.00670. The van der Waals surface area contributed by atoms with Gasteiger partial charge in [-0.2, -0.15) is 0 Å². The van der Waals surface area contributed by atoms with E-state index in [9.17, 15) is 5.11 Å². The van der Waals surface area contributed by atoms with Crippen LogP contribution >= 0.6 is 0 Å². The van der Waals surface area contributed by atoms with Crippen LogP contribution in [0.4, 0.5) is 0 Å². The van der Waals surface area contributed by atoms with Crippen molar-refractivity contribution in [2.75, 3.05) is 27.3 Å². The highest BCUT2D eigenvalue weighted by Crippen LogP contribution is 2.39. The van der Waals surface area contributed by atoms with Gasteiger partial charge >= 0.3 is 0 Å². The van der Waals surface area contributed by atoms with Crippen molar-refractivity contribution in [2.45, 2.75) is 18.4 Å². The van der Waals surface area contributed by atoms with Crippen molar-refractivity contribution < 1.29 is 9.84 Å². The number of hydrogen-bond acceptors (Lipinski definition) is 3. The van der Waals surface area contributed by atoms with E-state index in [1.807, 2.05) is 7.05 Å². The van der Waals surface area contributed by atoms with E-state index in [1.165, 1.54) is 0 Å². The normalized spacial score (nSPS) is 23.2. The maximum Gasteiger partial charge on any atom is 0.103 e. The number of aliphatic hydroxyl groups is 1. The van der Waals surface area contributed by atoms with E-state index in [0.29, 0.717) is 19.1 Å². The van der Waals surface area contributed by atoms with Gasteiger partial charge in [-0.3, -0.25) is 0 Å². The molecule has 0 amide bonds. The summed E-state index contributed by atoms with van der Waals surface area (Å²) in [7, 11) is 3.48. The molecule has 0 radical (unpaired) electrons. The van der Waals surface area contributed by atoms with Crippen molar-refractivity contribution in [3.05, 3.63) is 0 Å². The van der Waals surface area contributed by atoms with Gasteiger partial charge in [-0.05, 0) is 25.8 Å². The van der Waals surface area contributed by atoms with Crippen molar-refractivity contribution in [1.82, 2.24) is 5.32 Å². The molecule has 0 heterocycles. The van der Waals surface area contributed by atoms with E-state index in [1.54, 1.807) is 7.11 Å². The van der Waals surface area contributed by atoms with Crippen LogP contribution in [0.1, 0.15) is 12.8 Å².